The molecule has 4 heteroatoms. The van der Waals surface area contributed by atoms with Gasteiger partial charge in [-0.1, -0.05) is 69.2 Å². The number of nitrogens with zero attached hydrogens (tertiary/aromatic N) is 1. The fraction of sp³-hybridized carbons (Fsp3) is 0.750. The second-order valence-corrected chi connectivity index (χ2v) is 15.2. The van der Waals surface area contributed by atoms with Crippen LogP contribution in [-0.2, 0) is 9.63 Å². The molecule has 0 aromatic heterocycles. The highest BCUT2D eigenvalue weighted by atomic mass is 16.7. The van der Waals surface area contributed by atoms with Gasteiger partial charge >= 0.3 is 0 Å². The van der Waals surface area contributed by atoms with Crippen molar-refractivity contribution < 1.29 is 14.7 Å². The third kappa shape index (κ3) is 4.25. The van der Waals surface area contributed by atoms with Gasteiger partial charge < -0.3 is 5.11 Å². The summed E-state index contributed by atoms with van der Waals surface area (Å²) >= 11 is 0. The third-order valence-corrected chi connectivity index (χ3v) is 13.5. The monoisotopic (exact) mass is 545 g/mol. The normalized spacial score (nSPS) is 44.8. The molecule has 1 N–H and O–H groups in total. The van der Waals surface area contributed by atoms with Crippen LogP contribution in [0, 0.1) is 46.3 Å². The van der Waals surface area contributed by atoms with E-state index >= 15 is 0 Å². The summed E-state index contributed by atoms with van der Waals surface area (Å²) < 4.78 is 0. The Morgan fingerprint density at radius 2 is 1.85 bits per heavy atom. The highest BCUT2D eigenvalue weighted by Crippen LogP contribution is 2.67. The lowest BCUT2D eigenvalue weighted by atomic mass is 9.47. The molecular formula is C36H51NO3. The van der Waals surface area contributed by atoms with Gasteiger partial charge in [-0.25, -0.2) is 5.06 Å². The lowest BCUT2D eigenvalue weighted by Gasteiger charge is -2.58. The zero-order valence-corrected chi connectivity index (χ0v) is 25.1. The van der Waals surface area contributed by atoms with E-state index < -0.39 is 0 Å². The van der Waals surface area contributed by atoms with Gasteiger partial charge in [0.05, 0.1) is 12.1 Å². The molecule has 1 amide bonds. The number of fused-ring (bicyclic) bond motifs is 6. The van der Waals surface area contributed by atoms with Crippen LogP contribution in [-0.4, -0.2) is 28.2 Å². The average Bonchev–Trinajstić information content (AvgIpc) is 3.66. The minimum atomic E-state index is -0.126. The Morgan fingerprint density at radius 3 is 2.67 bits per heavy atom. The van der Waals surface area contributed by atoms with E-state index in [4.69, 9.17) is 4.84 Å². The lowest BCUT2D eigenvalue weighted by molar-refractivity contribution is -0.190. The largest absolute Gasteiger partial charge is 0.393 e. The summed E-state index contributed by atoms with van der Waals surface area (Å²) in [4.78, 5) is 20.0. The van der Waals surface area contributed by atoms with Gasteiger partial charge in [0, 0.05) is 12.3 Å². The van der Waals surface area contributed by atoms with Gasteiger partial charge in [-0.2, -0.15) is 0 Å². The maximum atomic E-state index is 13.6. The molecule has 0 unspecified atom stereocenters. The van der Waals surface area contributed by atoms with Gasteiger partial charge in [-0.3, -0.25) is 9.63 Å². The molecule has 1 aliphatic heterocycles. The molecule has 11 atom stereocenters. The second-order valence-electron chi connectivity index (χ2n) is 15.2. The molecule has 4 saturated carbocycles. The molecule has 1 aromatic carbocycles. The Labute approximate surface area is 241 Å². The number of carbonyl (C=O) groups excluding carboxylic acids is 1. The van der Waals surface area contributed by atoms with E-state index in [1.165, 1.54) is 44.1 Å². The molecule has 5 aliphatic carbocycles. The van der Waals surface area contributed by atoms with Crippen molar-refractivity contribution in [1.29, 1.82) is 0 Å². The Hall–Kier alpha value is -1.65. The molecule has 7 rings (SSSR count). The van der Waals surface area contributed by atoms with E-state index in [9.17, 15) is 9.90 Å². The molecule has 6 aliphatic rings. The van der Waals surface area contributed by atoms with E-state index in [2.05, 4.69) is 57.2 Å². The SMILES string of the molecule is C[C@H](CCC(=O)N1O[C@H](c2ccccc2)[C@@H]2CCC[C@@H]21)[C@H]1CC[C@H]2[C@@H]3CC=C4C[C@@H](O)CC[C@]4(C)[C@H]3CC[C@]12C. The number of hydrogen-bond donors (Lipinski definition) is 1. The van der Waals surface area contributed by atoms with E-state index in [-0.39, 0.29) is 24.2 Å². The van der Waals surface area contributed by atoms with Crippen LogP contribution >= 0.6 is 0 Å². The average molecular weight is 546 g/mol. The first-order valence-corrected chi connectivity index (χ1v) is 16.7. The number of allylic oxidation sites excluding steroid dienone is 1. The molecule has 40 heavy (non-hydrogen) atoms. The minimum Gasteiger partial charge on any atom is -0.393 e. The number of rotatable bonds is 5. The van der Waals surface area contributed by atoms with Crippen molar-refractivity contribution in [3.8, 4) is 0 Å². The summed E-state index contributed by atoms with van der Waals surface area (Å²) in [6, 6.07) is 10.8. The van der Waals surface area contributed by atoms with Crippen molar-refractivity contribution in [2.45, 2.75) is 122 Å². The quantitative estimate of drug-likeness (QED) is 0.381. The molecule has 0 radical (unpaired) electrons. The number of hydroxylamine groups is 2. The minimum absolute atomic E-state index is 0.0269. The van der Waals surface area contributed by atoms with Gasteiger partial charge in [-0.15, -0.1) is 0 Å². The maximum Gasteiger partial charge on any atom is 0.246 e. The molecule has 0 spiro atoms. The Kier molecular flexibility index (Phi) is 6.98. The van der Waals surface area contributed by atoms with Crippen molar-refractivity contribution in [3.05, 3.63) is 47.5 Å². The van der Waals surface area contributed by atoms with Crippen molar-refractivity contribution in [2.24, 2.45) is 46.3 Å². The number of hydrogen-bond acceptors (Lipinski definition) is 3. The lowest BCUT2D eigenvalue weighted by Crippen LogP contribution is -2.50. The number of benzene rings is 1. The molecule has 5 fully saturated rings. The van der Waals surface area contributed by atoms with Crippen LogP contribution in [0.25, 0.3) is 0 Å². The zero-order valence-electron chi connectivity index (χ0n) is 25.1. The highest BCUT2D eigenvalue weighted by molar-refractivity contribution is 5.75. The van der Waals surface area contributed by atoms with Gasteiger partial charge in [0.25, 0.3) is 0 Å². The molecule has 1 saturated heterocycles. The summed E-state index contributed by atoms with van der Waals surface area (Å²) in [5, 5.41) is 12.2. The summed E-state index contributed by atoms with van der Waals surface area (Å²) in [5.41, 5.74) is 3.50. The van der Waals surface area contributed by atoms with Gasteiger partial charge in [0.1, 0.15) is 6.10 Å². The zero-order chi connectivity index (χ0) is 27.6. The number of aliphatic hydroxyl groups is 1. The highest BCUT2D eigenvalue weighted by Gasteiger charge is 2.59. The van der Waals surface area contributed by atoms with E-state index in [0.717, 1.165) is 56.3 Å². The van der Waals surface area contributed by atoms with Crippen LogP contribution in [0.3, 0.4) is 0 Å². The standard InChI is InChI=1S/C36H51NO3/c1-23(12-17-33(39)37-32-11-7-10-28(32)34(40-37)24-8-5-4-6-9-24)29-15-16-30-27-14-13-25-22-26(38)18-20-35(25,2)31(27)19-21-36(29,30)3/h4-6,8-9,13,23,26-32,34,38H,7,10-12,14-22H2,1-3H3/t23-,26+,27+,28-,29-,30+,31+,32+,34-,35+,36-/m1/s1. The van der Waals surface area contributed by atoms with E-state index in [1.807, 2.05) is 5.06 Å². The Morgan fingerprint density at radius 1 is 1.02 bits per heavy atom. The van der Waals surface area contributed by atoms with Crippen LogP contribution in [0.15, 0.2) is 42.0 Å². The van der Waals surface area contributed by atoms with Crippen molar-refractivity contribution in [3.63, 3.8) is 0 Å². The molecule has 218 valence electrons. The van der Waals surface area contributed by atoms with Crippen molar-refractivity contribution >= 4 is 5.91 Å². The van der Waals surface area contributed by atoms with Gasteiger partial charge in [-0.05, 0) is 117 Å². The molecule has 0 bridgehead atoms. The topological polar surface area (TPSA) is 49.8 Å². The summed E-state index contributed by atoms with van der Waals surface area (Å²) in [6.07, 6.45) is 17.1. The van der Waals surface area contributed by atoms with Gasteiger partial charge in [0.2, 0.25) is 5.91 Å². The first kappa shape index (κ1) is 27.2. The van der Waals surface area contributed by atoms with Crippen molar-refractivity contribution in [1.82, 2.24) is 5.06 Å². The van der Waals surface area contributed by atoms with E-state index in [1.54, 1.807) is 5.57 Å². The number of amides is 1. The summed E-state index contributed by atoms with van der Waals surface area (Å²) in [6.45, 7) is 7.59. The summed E-state index contributed by atoms with van der Waals surface area (Å²) in [5.74, 6) is 4.33. The Balaban J connectivity index is 1.00. The number of carbonyl (C=O) groups is 1. The maximum absolute atomic E-state index is 13.6. The van der Waals surface area contributed by atoms with E-state index in [0.29, 0.717) is 35.0 Å². The fourth-order valence-electron chi connectivity index (χ4n) is 11.4. The Bertz CT molecular complexity index is 1130. The first-order valence-electron chi connectivity index (χ1n) is 16.7. The molecule has 4 nitrogen and oxygen atoms in total. The molecular weight excluding hydrogens is 494 g/mol. The van der Waals surface area contributed by atoms with Crippen LogP contribution in [0.1, 0.15) is 116 Å². The fourth-order valence-corrected chi connectivity index (χ4v) is 11.4. The number of aliphatic hydroxyl groups excluding tert-OH is 1. The smallest absolute Gasteiger partial charge is 0.246 e. The predicted molar refractivity (Wildman–Crippen MR) is 158 cm³/mol. The summed E-state index contributed by atoms with van der Waals surface area (Å²) in [7, 11) is 0. The predicted octanol–water partition coefficient (Wildman–Crippen LogP) is 8.03. The third-order valence-electron chi connectivity index (χ3n) is 13.5. The first-order chi connectivity index (χ1) is 19.3. The second kappa shape index (κ2) is 10.3. The van der Waals surface area contributed by atoms with Gasteiger partial charge in [0.15, 0.2) is 0 Å². The van der Waals surface area contributed by atoms with Crippen LogP contribution in [0.4, 0.5) is 0 Å². The molecule has 1 aromatic rings. The van der Waals surface area contributed by atoms with Crippen LogP contribution < -0.4 is 0 Å². The van der Waals surface area contributed by atoms with Crippen molar-refractivity contribution in [2.75, 3.05) is 0 Å². The molecule has 1 heterocycles. The van der Waals surface area contributed by atoms with Crippen LogP contribution in [0.2, 0.25) is 0 Å². The van der Waals surface area contributed by atoms with Crippen LogP contribution in [0.5, 0.6) is 0 Å².